The molecule has 0 atom stereocenters. The highest BCUT2D eigenvalue weighted by molar-refractivity contribution is 5.90. The number of aryl methyl sites for hydroxylation is 3. The van der Waals surface area contributed by atoms with E-state index < -0.39 is 0 Å². The van der Waals surface area contributed by atoms with Crippen LogP contribution in [0.2, 0.25) is 0 Å². The minimum atomic E-state index is 0.0926. The summed E-state index contributed by atoms with van der Waals surface area (Å²) in [5, 5.41) is 2.48. The van der Waals surface area contributed by atoms with Gasteiger partial charge >= 0.3 is 0 Å². The lowest BCUT2D eigenvalue weighted by molar-refractivity contribution is -0.120. The van der Waals surface area contributed by atoms with Crippen LogP contribution in [-0.2, 0) is 24.1 Å². The predicted octanol–water partition coefficient (Wildman–Crippen LogP) is 5.50. The number of hydrogen-bond acceptors (Lipinski definition) is 3. The Labute approximate surface area is 173 Å². The Morgan fingerprint density at radius 3 is 2.55 bits per heavy atom. The van der Waals surface area contributed by atoms with Crippen LogP contribution >= 0.6 is 0 Å². The van der Waals surface area contributed by atoms with E-state index in [4.69, 9.17) is 4.42 Å². The highest BCUT2D eigenvalue weighted by Gasteiger charge is 2.20. The number of nitrogens with zero attached hydrogens (tertiary/aromatic N) is 1. The second-order valence-corrected chi connectivity index (χ2v) is 7.38. The van der Waals surface area contributed by atoms with E-state index in [-0.39, 0.29) is 5.91 Å². The lowest BCUT2D eigenvalue weighted by atomic mass is 10.1. The van der Waals surface area contributed by atoms with Crippen molar-refractivity contribution < 1.29 is 9.21 Å². The molecule has 0 spiro atoms. The monoisotopic (exact) mass is 390 g/mol. The van der Waals surface area contributed by atoms with Gasteiger partial charge in [-0.2, -0.15) is 0 Å². The number of hydrogen-bond donors (Lipinski definition) is 1. The summed E-state index contributed by atoms with van der Waals surface area (Å²) in [6.07, 6.45) is 6.99. The molecule has 1 aliphatic carbocycles. The van der Waals surface area contributed by atoms with Gasteiger partial charge in [-0.25, -0.2) is 4.98 Å². The van der Waals surface area contributed by atoms with E-state index in [1.165, 1.54) is 22.3 Å². The van der Waals surface area contributed by atoms with Crippen LogP contribution < -0.4 is 5.32 Å². The summed E-state index contributed by atoms with van der Waals surface area (Å²) >= 11 is 0. The van der Waals surface area contributed by atoms with Gasteiger partial charge in [0.05, 0.1) is 0 Å². The summed E-state index contributed by atoms with van der Waals surface area (Å²) in [4.78, 5) is 14.7. The van der Waals surface area contributed by atoms with Crippen LogP contribution in [0.15, 0.2) is 53.5 Å². The van der Waals surface area contributed by atoms with Gasteiger partial charge in [-0.3, -0.25) is 4.79 Å². The van der Waals surface area contributed by atoms with Crippen molar-refractivity contribution in [2.75, 3.05) is 7.05 Å². The zero-order valence-electron chi connectivity index (χ0n) is 17.5. The lowest BCUT2D eigenvalue weighted by Gasteiger charge is -2.00. The Morgan fingerprint density at radius 2 is 1.86 bits per heavy atom. The van der Waals surface area contributed by atoms with E-state index in [1.54, 1.807) is 7.05 Å². The molecule has 0 bridgehead atoms. The molecular formula is C25H30N2O2. The maximum absolute atomic E-state index is 10.1. The molecule has 2 aromatic carbocycles. The van der Waals surface area contributed by atoms with Gasteiger partial charge in [0.25, 0.3) is 0 Å². The Morgan fingerprint density at radius 1 is 1.10 bits per heavy atom. The van der Waals surface area contributed by atoms with Crippen molar-refractivity contribution in [3.05, 3.63) is 71.6 Å². The third kappa shape index (κ3) is 5.35. The van der Waals surface area contributed by atoms with Crippen molar-refractivity contribution in [2.24, 2.45) is 0 Å². The van der Waals surface area contributed by atoms with Gasteiger partial charge in [0.15, 0.2) is 11.5 Å². The van der Waals surface area contributed by atoms with Gasteiger partial charge in [0, 0.05) is 25.5 Å². The van der Waals surface area contributed by atoms with E-state index >= 15 is 0 Å². The molecule has 0 radical (unpaired) electrons. The Balaban J connectivity index is 0.000000353. The normalized spacial score (nSPS) is 12.4. The van der Waals surface area contributed by atoms with Gasteiger partial charge in [-0.05, 0) is 54.9 Å². The third-order valence-corrected chi connectivity index (χ3v) is 5.29. The molecule has 4 heteroatoms. The maximum Gasteiger partial charge on any atom is 0.219 e. The molecule has 1 aromatic heterocycles. The highest BCUT2D eigenvalue weighted by Crippen LogP contribution is 2.36. The average Bonchev–Trinajstić information content (AvgIpc) is 3.34. The number of nitrogens with one attached hydrogen (secondary N) is 1. The number of rotatable bonds is 6. The quantitative estimate of drug-likeness (QED) is 0.566. The van der Waals surface area contributed by atoms with Crippen molar-refractivity contribution in [3.8, 4) is 0 Å². The number of benzene rings is 2. The van der Waals surface area contributed by atoms with Crippen LogP contribution in [0.5, 0.6) is 0 Å². The summed E-state index contributed by atoms with van der Waals surface area (Å²) in [5.41, 5.74) is 7.09. The van der Waals surface area contributed by atoms with Gasteiger partial charge in [0.1, 0.15) is 5.52 Å². The lowest BCUT2D eigenvalue weighted by Crippen LogP contribution is -2.15. The molecule has 4 nitrogen and oxygen atoms in total. The number of allylic oxidation sites excluding steroid dienone is 1. The van der Waals surface area contributed by atoms with E-state index in [9.17, 15) is 4.79 Å². The van der Waals surface area contributed by atoms with Crippen LogP contribution in [0.1, 0.15) is 55.2 Å². The first-order valence-electron chi connectivity index (χ1n) is 10.5. The van der Waals surface area contributed by atoms with Gasteiger partial charge in [-0.15, -0.1) is 0 Å². The molecule has 0 aliphatic heterocycles. The summed E-state index contributed by atoms with van der Waals surface area (Å²) in [6.45, 7) is 5.99. The van der Waals surface area contributed by atoms with Gasteiger partial charge < -0.3 is 9.73 Å². The maximum atomic E-state index is 10.1. The number of oxazole rings is 1. The number of carbonyl (C=O) groups excluding carboxylic acids is 1. The number of unbranched alkanes of at least 4 members (excludes halogenated alkanes) is 1. The van der Waals surface area contributed by atoms with E-state index in [2.05, 4.69) is 59.3 Å². The average molecular weight is 391 g/mol. The van der Waals surface area contributed by atoms with Crippen LogP contribution in [0.25, 0.3) is 16.7 Å². The number of amides is 1. The first-order chi connectivity index (χ1) is 14.1. The van der Waals surface area contributed by atoms with Crippen molar-refractivity contribution in [1.29, 1.82) is 0 Å². The number of carbonyl (C=O) groups is 1. The highest BCUT2D eigenvalue weighted by atomic mass is 16.3. The van der Waals surface area contributed by atoms with Crippen molar-refractivity contribution in [2.45, 2.75) is 51.9 Å². The van der Waals surface area contributed by atoms with Gasteiger partial charge in [-0.1, -0.05) is 49.9 Å². The Hall–Kier alpha value is -2.88. The third-order valence-electron chi connectivity index (χ3n) is 5.29. The number of aromatic nitrogens is 1. The first kappa shape index (κ1) is 20.8. The molecule has 1 amide bonds. The molecular weight excluding hydrogens is 360 g/mol. The molecule has 0 fully saturated rings. The zero-order valence-corrected chi connectivity index (χ0v) is 17.5. The Bertz CT molecular complexity index is 967. The van der Waals surface area contributed by atoms with Crippen LogP contribution in [0.3, 0.4) is 0 Å². The van der Waals surface area contributed by atoms with E-state index in [0.717, 1.165) is 55.5 Å². The fourth-order valence-electron chi connectivity index (χ4n) is 3.62. The van der Waals surface area contributed by atoms with Crippen molar-refractivity contribution >= 4 is 22.6 Å². The van der Waals surface area contributed by atoms with Gasteiger partial charge in [0.2, 0.25) is 5.91 Å². The summed E-state index contributed by atoms with van der Waals surface area (Å²) in [5.74, 6) is 0.955. The van der Waals surface area contributed by atoms with Crippen molar-refractivity contribution in [1.82, 2.24) is 10.3 Å². The molecule has 0 saturated heterocycles. The molecule has 152 valence electrons. The molecule has 1 aliphatic rings. The minimum Gasteiger partial charge on any atom is -0.440 e. The topological polar surface area (TPSA) is 55.1 Å². The molecule has 29 heavy (non-hydrogen) atoms. The molecule has 0 unspecified atom stereocenters. The summed E-state index contributed by atoms with van der Waals surface area (Å²) in [6, 6.07) is 14.9. The second kappa shape index (κ2) is 10.1. The van der Waals surface area contributed by atoms with Crippen LogP contribution in [0, 0.1) is 0 Å². The molecule has 1 heterocycles. The predicted molar refractivity (Wildman–Crippen MR) is 119 cm³/mol. The second-order valence-electron chi connectivity index (χ2n) is 7.38. The Kier molecular flexibility index (Phi) is 7.23. The minimum absolute atomic E-state index is 0.0926. The summed E-state index contributed by atoms with van der Waals surface area (Å²) < 4.78 is 6.06. The first-order valence-corrected chi connectivity index (χ1v) is 10.5. The SMILES string of the molecule is C=C1CCc2ccc3nc(CCCCc4ccccc4)oc3c21.CCC(=O)NC. The molecule has 1 N–H and O–H groups in total. The van der Waals surface area contributed by atoms with E-state index in [0.29, 0.717) is 6.42 Å². The molecule has 0 saturated carbocycles. The van der Waals surface area contributed by atoms with E-state index in [1.807, 2.05) is 6.92 Å². The van der Waals surface area contributed by atoms with Crippen LogP contribution in [-0.4, -0.2) is 17.9 Å². The fraction of sp³-hybridized carbons (Fsp3) is 0.360. The van der Waals surface area contributed by atoms with Crippen molar-refractivity contribution in [3.63, 3.8) is 0 Å². The standard InChI is InChI=1S/C21H21NO.C4H9NO/c1-15-11-12-17-13-14-18-21(20(15)17)23-19(22-18)10-6-5-9-16-7-3-2-4-8-16;1-3-4(6)5-2/h2-4,7-8,13-14H,1,5-6,9-12H2;3H2,1-2H3,(H,5,6). The summed E-state index contributed by atoms with van der Waals surface area (Å²) in [7, 11) is 1.63. The fourth-order valence-corrected chi connectivity index (χ4v) is 3.62. The number of fused-ring (bicyclic) bond motifs is 3. The molecule has 3 aromatic rings. The smallest absolute Gasteiger partial charge is 0.219 e. The largest absolute Gasteiger partial charge is 0.440 e. The van der Waals surface area contributed by atoms with Crippen LogP contribution in [0.4, 0.5) is 0 Å². The molecule has 4 rings (SSSR count). The zero-order chi connectivity index (χ0) is 20.6.